The molecule has 1 aromatic carbocycles. The lowest BCUT2D eigenvalue weighted by Crippen LogP contribution is -2.46. The van der Waals surface area contributed by atoms with Gasteiger partial charge in [0.15, 0.2) is 11.5 Å². The van der Waals surface area contributed by atoms with Gasteiger partial charge in [-0.25, -0.2) is 0 Å². The molecule has 2 atom stereocenters. The molecule has 0 radical (unpaired) electrons. The molecule has 1 rings (SSSR count). The standard InChI is InChI=1S/C14H22N2O3/c1-4-9(2)16(3)14(19)11(15)7-10-5-6-12(17)13(18)8-10/h5-6,8-9,11,17-18H,4,7,15H2,1-3H3/t9?,11-/m0/s1. The van der Waals surface area contributed by atoms with Gasteiger partial charge in [-0.3, -0.25) is 4.79 Å². The van der Waals surface area contributed by atoms with Crippen molar-refractivity contribution in [2.45, 2.75) is 38.8 Å². The highest BCUT2D eigenvalue weighted by molar-refractivity contribution is 5.82. The molecule has 5 nitrogen and oxygen atoms in total. The maximum Gasteiger partial charge on any atom is 0.239 e. The lowest BCUT2D eigenvalue weighted by atomic mass is 10.0. The molecule has 0 aliphatic rings. The number of nitrogens with zero attached hydrogens (tertiary/aromatic N) is 1. The first-order valence-corrected chi connectivity index (χ1v) is 6.39. The molecule has 5 heteroatoms. The van der Waals surface area contributed by atoms with Crippen molar-refractivity contribution >= 4 is 5.91 Å². The Morgan fingerprint density at radius 2 is 2.00 bits per heavy atom. The molecule has 4 N–H and O–H groups in total. The maximum absolute atomic E-state index is 12.1. The number of carbonyl (C=O) groups excluding carboxylic acids is 1. The molecule has 0 saturated heterocycles. The van der Waals surface area contributed by atoms with Gasteiger partial charge < -0.3 is 20.8 Å². The van der Waals surface area contributed by atoms with E-state index in [2.05, 4.69) is 0 Å². The molecule has 106 valence electrons. The minimum Gasteiger partial charge on any atom is -0.504 e. The Kier molecular flexibility index (Phi) is 5.18. The number of benzene rings is 1. The monoisotopic (exact) mass is 266 g/mol. The first-order chi connectivity index (χ1) is 8.86. The molecule has 1 amide bonds. The van der Waals surface area contributed by atoms with Gasteiger partial charge in [-0.05, 0) is 37.5 Å². The van der Waals surface area contributed by atoms with Crippen LogP contribution in [-0.4, -0.2) is 40.2 Å². The van der Waals surface area contributed by atoms with Crippen LogP contribution in [0, 0.1) is 0 Å². The largest absolute Gasteiger partial charge is 0.504 e. The van der Waals surface area contributed by atoms with E-state index >= 15 is 0 Å². The number of amides is 1. The van der Waals surface area contributed by atoms with Crippen LogP contribution in [0.1, 0.15) is 25.8 Å². The normalized spacial score (nSPS) is 13.9. The minimum atomic E-state index is -0.650. The van der Waals surface area contributed by atoms with E-state index in [0.717, 1.165) is 6.42 Å². The number of rotatable bonds is 5. The van der Waals surface area contributed by atoms with Crippen LogP contribution in [0.5, 0.6) is 11.5 Å². The zero-order valence-electron chi connectivity index (χ0n) is 11.6. The predicted octanol–water partition coefficient (Wildman–Crippen LogP) is 1.22. The van der Waals surface area contributed by atoms with Crippen molar-refractivity contribution in [2.75, 3.05) is 7.05 Å². The summed E-state index contributed by atoms with van der Waals surface area (Å²) in [6.07, 6.45) is 1.20. The number of phenolic OH excluding ortho intramolecular Hbond substituents is 2. The number of aromatic hydroxyl groups is 2. The van der Waals surface area contributed by atoms with Crippen molar-refractivity contribution in [2.24, 2.45) is 5.73 Å². The fourth-order valence-corrected chi connectivity index (χ4v) is 1.79. The van der Waals surface area contributed by atoms with Crippen LogP contribution in [0.25, 0.3) is 0 Å². The zero-order valence-corrected chi connectivity index (χ0v) is 11.6. The Morgan fingerprint density at radius 1 is 1.37 bits per heavy atom. The Balaban J connectivity index is 2.70. The highest BCUT2D eigenvalue weighted by Crippen LogP contribution is 2.25. The van der Waals surface area contributed by atoms with Gasteiger partial charge in [0, 0.05) is 13.1 Å². The van der Waals surface area contributed by atoms with Crippen LogP contribution in [-0.2, 0) is 11.2 Å². The second-order valence-electron chi connectivity index (χ2n) is 4.84. The molecule has 0 aliphatic heterocycles. The van der Waals surface area contributed by atoms with Crippen LogP contribution >= 0.6 is 0 Å². The SMILES string of the molecule is CCC(C)N(C)C(=O)[C@@H](N)Cc1ccc(O)c(O)c1. The summed E-state index contributed by atoms with van der Waals surface area (Å²) < 4.78 is 0. The summed E-state index contributed by atoms with van der Waals surface area (Å²) in [7, 11) is 1.74. The van der Waals surface area contributed by atoms with Crippen LogP contribution in [0.3, 0.4) is 0 Å². The molecule has 1 aromatic rings. The van der Waals surface area contributed by atoms with Crippen molar-refractivity contribution in [3.05, 3.63) is 23.8 Å². The molecule has 0 spiro atoms. The first-order valence-electron chi connectivity index (χ1n) is 6.39. The van der Waals surface area contributed by atoms with E-state index in [-0.39, 0.29) is 23.4 Å². The van der Waals surface area contributed by atoms with Crippen LogP contribution in [0.4, 0.5) is 0 Å². The van der Waals surface area contributed by atoms with E-state index in [0.29, 0.717) is 12.0 Å². The van der Waals surface area contributed by atoms with Crippen molar-refractivity contribution in [3.63, 3.8) is 0 Å². The fraction of sp³-hybridized carbons (Fsp3) is 0.500. The van der Waals surface area contributed by atoms with E-state index in [1.165, 1.54) is 12.1 Å². The van der Waals surface area contributed by atoms with E-state index < -0.39 is 6.04 Å². The molecule has 19 heavy (non-hydrogen) atoms. The molecule has 0 aliphatic carbocycles. The van der Waals surface area contributed by atoms with Crippen molar-refractivity contribution in [1.82, 2.24) is 4.90 Å². The number of hydrogen-bond acceptors (Lipinski definition) is 4. The zero-order chi connectivity index (χ0) is 14.6. The predicted molar refractivity (Wildman–Crippen MR) is 74.0 cm³/mol. The Bertz CT molecular complexity index is 448. The molecule has 0 bridgehead atoms. The fourth-order valence-electron chi connectivity index (χ4n) is 1.79. The summed E-state index contributed by atoms with van der Waals surface area (Å²) >= 11 is 0. The second-order valence-corrected chi connectivity index (χ2v) is 4.84. The van der Waals surface area contributed by atoms with Crippen LogP contribution in [0.2, 0.25) is 0 Å². The molecule has 1 unspecified atom stereocenters. The van der Waals surface area contributed by atoms with Crippen LogP contribution in [0.15, 0.2) is 18.2 Å². The third kappa shape index (κ3) is 3.86. The summed E-state index contributed by atoms with van der Waals surface area (Å²) in [4.78, 5) is 13.7. The number of nitrogens with two attached hydrogens (primary N) is 1. The van der Waals surface area contributed by atoms with Gasteiger partial charge in [0.25, 0.3) is 0 Å². The Morgan fingerprint density at radius 3 is 2.53 bits per heavy atom. The quantitative estimate of drug-likeness (QED) is 0.699. The number of likely N-dealkylation sites (N-methyl/N-ethyl adjacent to an activating group) is 1. The molecule has 0 saturated carbocycles. The highest BCUT2D eigenvalue weighted by atomic mass is 16.3. The molecular weight excluding hydrogens is 244 g/mol. The van der Waals surface area contributed by atoms with Gasteiger partial charge in [-0.1, -0.05) is 13.0 Å². The second kappa shape index (κ2) is 6.43. The molecular formula is C14H22N2O3. The topological polar surface area (TPSA) is 86.8 Å². The van der Waals surface area contributed by atoms with Gasteiger partial charge in [-0.2, -0.15) is 0 Å². The van der Waals surface area contributed by atoms with Gasteiger partial charge >= 0.3 is 0 Å². The van der Waals surface area contributed by atoms with Gasteiger partial charge in [0.1, 0.15) is 0 Å². The van der Waals surface area contributed by atoms with Crippen molar-refractivity contribution in [3.8, 4) is 11.5 Å². The smallest absolute Gasteiger partial charge is 0.239 e. The summed E-state index contributed by atoms with van der Waals surface area (Å²) in [5, 5.41) is 18.6. The third-order valence-corrected chi connectivity index (χ3v) is 3.41. The minimum absolute atomic E-state index is 0.123. The summed E-state index contributed by atoms with van der Waals surface area (Å²) in [5.74, 6) is -0.505. The lowest BCUT2D eigenvalue weighted by molar-refractivity contribution is -0.133. The van der Waals surface area contributed by atoms with Gasteiger partial charge in [0.2, 0.25) is 5.91 Å². The summed E-state index contributed by atoms with van der Waals surface area (Å²) in [5.41, 5.74) is 6.61. The lowest BCUT2D eigenvalue weighted by Gasteiger charge is -2.26. The molecule has 0 heterocycles. The number of phenols is 2. The van der Waals surface area contributed by atoms with Gasteiger partial charge in [-0.15, -0.1) is 0 Å². The maximum atomic E-state index is 12.1. The van der Waals surface area contributed by atoms with Crippen molar-refractivity contribution in [1.29, 1.82) is 0 Å². The molecule has 0 fully saturated rings. The van der Waals surface area contributed by atoms with E-state index in [1.807, 2.05) is 13.8 Å². The summed E-state index contributed by atoms with van der Waals surface area (Å²) in [6.45, 7) is 3.98. The van der Waals surface area contributed by atoms with Crippen molar-refractivity contribution < 1.29 is 15.0 Å². The number of hydrogen-bond donors (Lipinski definition) is 3. The van der Waals surface area contributed by atoms with Crippen LogP contribution < -0.4 is 5.73 Å². The average Bonchev–Trinajstić information content (AvgIpc) is 2.40. The number of carbonyl (C=O) groups is 1. The molecule has 0 aromatic heterocycles. The Labute approximate surface area is 113 Å². The summed E-state index contributed by atoms with van der Waals surface area (Å²) in [6, 6.07) is 3.95. The average molecular weight is 266 g/mol. The highest BCUT2D eigenvalue weighted by Gasteiger charge is 2.21. The third-order valence-electron chi connectivity index (χ3n) is 3.41. The van der Waals surface area contributed by atoms with E-state index in [1.54, 1.807) is 18.0 Å². The van der Waals surface area contributed by atoms with E-state index in [4.69, 9.17) is 5.73 Å². The van der Waals surface area contributed by atoms with E-state index in [9.17, 15) is 15.0 Å². The first kappa shape index (κ1) is 15.3. The van der Waals surface area contributed by atoms with Gasteiger partial charge in [0.05, 0.1) is 6.04 Å². The Hall–Kier alpha value is -1.75.